The van der Waals surface area contributed by atoms with Gasteiger partial charge < -0.3 is 9.64 Å². The minimum Gasteiger partial charge on any atom is -0.476 e. The molecule has 0 bridgehead atoms. The summed E-state index contributed by atoms with van der Waals surface area (Å²) in [5.74, 6) is 1.05. The van der Waals surface area contributed by atoms with Crippen LogP contribution in [0, 0.1) is 30.1 Å². The zero-order valence-electron chi connectivity index (χ0n) is 20.1. The maximum absolute atomic E-state index is 13.8. The van der Waals surface area contributed by atoms with E-state index in [-0.39, 0.29) is 18.2 Å². The summed E-state index contributed by atoms with van der Waals surface area (Å²) >= 11 is 0. The van der Waals surface area contributed by atoms with E-state index < -0.39 is 17.6 Å². The van der Waals surface area contributed by atoms with Crippen LogP contribution in [-0.4, -0.2) is 51.1 Å². The van der Waals surface area contributed by atoms with E-state index in [1.54, 1.807) is 20.2 Å². The van der Waals surface area contributed by atoms with Crippen molar-refractivity contribution in [3.05, 3.63) is 23.4 Å². The molecule has 0 aromatic carbocycles. The van der Waals surface area contributed by atoms with Crippen molar-refractivity contribution in [2.45, 2.75) is 53.1 Å². The van der Waals surface area contributed by atoms with Gasteiger partial charge in [-0.1, -0.05) is 20.8 Å². The average molecular weight is 466 g/mol. The van der Waals surface area contributed by atoms with Gasteiger partial charge in [0.1, 0.15) is 11.3 Å². The first-order valence-electron chi connectivity index (χ1n) is 11.7. The Morgan fingerprint density at radius 1 is 1.09 bits per heavy atom. The quantitative estimate of drug-likeness (QED) is 0.603. The lowest BCUT2D eigenvalue weighted by Crippen LogP contribution is -2.27. The highest BCUT2D eigenvalue weighted by Gasteiger charge is 2.42. The number of likely N-dealkylation sites (tertiary alicyclic amines) is 1. The van der Waals surface area contributed by atoms with Gasteiger partial charge in [0.15, 0.2) is 0 Å². The topological polar surface area (TPSA) is 56.1 Å². The van der Waals surface area contributed by atoms with Gasteiger partial charge in [-0.25, -0.2) is 0 Å². The SMILES string of the molecule is Cc1cnn(C)c1-c1cc(C(F)(F)F)c(OCC2C[C@@H]3CN(CCC(C)(C)C)C[C@H]3C2)nn1. The Labute approximate surface area is 193 Å². The molecule has 2 fully saturated rings. The number of alkyl halides is 3. The maximum Gasteiger partial charge on any atom is 0.421 e. The minimum absolute atomic E-state index is 0.137. The number of aromatic nitrogens is 4. The van der Waals surface area contributed by atoms with Crippen molar-refractivity contribution in [1.82, 2.24) is 24.9 Å². The molecule has 4 rings (SSSR count). The van der Waals surface area contributed by atoms with Crippen molar-refractivity contribution in [3.8, 4) is 17.3 Å². The summed E-state index contributed by atoms with van der Waals surface area (Å²) in [4.78, 5) is 2.55. The lowest BCUT2D eigenvalue weighted by Gasteiger charge is -2.24. The highest BCUT2D eigenvalue weighted by Crippen LogP contribution is 2.43. The highest BCUT2D eigenvalue weighted by molar-refractivity contribution is 5.59. The van der Waals surface area contributed by atoms with Crippen molar-refractivity contribution >= 4 is 0 Å². The zero-order valence-corrected chi connectivity index (χ0v) is 20.1. The summed E-state index contributed by atoms with van der Waals surface area (Å²) in [6.45, 7) is 12.1. The first-order valence-corrected chi connectivity index (χ1v) is 11.7. The van der Waals surface area contributed by atoms with Crippen LogP contribution in [0.1, 0.15) is 51.2 Å². The molecule has 1 saturated heterocycles. The van der Waals surface area contributed by atoms with Crippen LogP contribution in [0.3, 0.4) is 0 Å². The summed E-state index contributed by atoms with van der Waals surface area (Å²) in [6, 6.07) is 1.02. The molecular weight excluding hydrogens is 431 g/mol. The molecule has 1 saturated carbocycles. The van der Waals surface area contributed by atoms with Crippen LogP contribution in [0.15, 0.2) is 12.3 Å². The second-order valence-electron chi connectivity index (χ2n) is 11.0. The van der Waals surface area contributed by atoms with Crippen LogP contribution in [-0.2, 0) is 13.2 Å². The van der Waals surface area contributed by atoms with Crippen LogP contribution >= 0.6 is 0 Å². The molecule has 2 aromatic rings. The van der Waals surface area contributed by atoms with Crippen molar-refractivity contribution in [1.29, 1.82) is 0 Å². The van der Waals surface area contributed by atoms with E-state index in [1.165, 1.54) is 11.1 Å². The Morgan fingerprint density at radius 2 is 1.76 bits per heavy atom. The van der Waals surface area contributed by atoms with Crippen LogP contribution < -0.4 is 4.74 Å². The van der Waals surface area contributed by atoms with Crippen LogP contribution in [0.2, 0.25) is 0 Å². The minimum atomic E-state index is -4.58. The highest BCUT2D eigenvalue weighted by atomic mass is 19.4. The van der Waals surface area contributed by atoms with E-state index in [0.717, 1.165) is 44.1 Å². The van der Waals surface area contributed by atoms with Crippen molar-refractivity contribution < 1.29 is 17.9 Å². The van der Waals surface area contributed by atoms with Gasteiger partial charge in [-0.3, -0.25) is 4.68 Å². The Balaban J connectivity index is 1.38. The lowest BCUT2D eigenvalue weighted by atomic mass is 9.92. The van der Waals surface area contributed by atoms with Gasteiger partial charge >= 0.3 is 6.18 Å². The van der Waals surface area contributed by atoms with Gasteiger partial charge in [-0.05, 0) is 67.5 Å². The van der Waals surface area contributed by atoms with E-state index in [9.17, 15) is 13.2 Å². The second kappa shape index (κ2) is 8.89. The molecule has 2 aliphatic rings. The number of ether oxygens (including phenoxy) is 1. The van der Waals surface area contributed by atoms with Gasteiger partial charge in [0.05, 0.1) is 18.5 Å². The molecule has 0 radical (unpaired) electrons. The van der Waals surface area contributed by atoms with E-state index in [0.29, 0.717) is 22.9 Å². The number of nitrogens with zero attached hydrogens (tertiary/aromatic N) is 5. The van der Waals surface area contributed by atoms with Crippen LogP contribution in [0.4, 0.5) is 13.2 Å². The number of rotatable bonds is 6. The van der Waals surface area contributed by atoms with Crippen LogP contribution in [0.5, 0.6) is 5.88 Å². The van der Waals surface area contributed by atoms with Crippen molar-refractivity contribution in [2.24, 2.45) is 30.2 Å². The summed E-state index contributed by atoms with van der Waals surface area (Å²) in [7, 11) is 1.67. The summed E-state index contributed by atoms with van der Waals surface area (Å²) in [5, 5.41) is 11.9. The fourth-order valence-electron chi connectivity index (χ4n) is 5.25. The molecule has 1 aliphatic carbocycles. The third kappa shape index (κ3) is 5.50. The molecule has 9 heteroatoms. The summed E-state index contributed by atoms with van der Waals surface area (Å²) in [5.41, 5.74) is 0.829. The van der Waals surface area contributed by atoms with E-state index in [1.807, 2.05) is 0 Å². The van der Waals surface area contributed by atoms with Gasteiger partial charge in [-0.15, -0.1) is 10.2 Å². The van der Waals surface area contributed by atoms with Gasteiger partial charge in [0.25, 0.3) is 0 Å². The second-order valence-corrected chi connectivity index (χ2v) is 11.0. The third-order valence-electron chi connectivity index (χ3n) is 6.99. The largest absolute Gasteiger partial charge is 0.476 e. The summed E-state index contributed by atoms with van der Waals surface area (Å²) < 4.78 is 48.5. The molecule has 0 amide bonds. The van der Waals surface area contributed by atoms with Gasteiger partial charge in [0, 0.05) is 20.1 Å². The maximum atomic E-state index is 13.8. The number of halogens is 3. The molecule has 2 aromatic heterocycles. The first kappa shape index (κ1) is 24.0. The number of fused-ring (bicyclic) bond motifs is 1. The Kier molecular flexibility index (Phi) is 6.46. The van der Waals surface area contributed by atoms with E-state index in [2.05, 4.69) is 41.0 Å². The number of aryl methyl sites for hydroxylation is 2. The first-order chi connectivity index (χ1) is 15.4. The Hall–Kier alpha value is -2.16. The molecule has 3 heterocycles. The molecule has 182 valence electrons. The summed E-state index contributed by atoms with van der Waals surface area (Å²) in [6.07, 6.45) is 0.184. The van der Waals surface area contributed by atoms with Gasteiger partial charge in [0.2, 0.25) is 5.88 Å². The van der Waals surface area contributed by atoms with E-state index in [4.69, 9.17) is 4.74 Å². The molecule has 2 atom stereocenters. The van der Waals surface area contributed by atoms with Crippen molar-refractivity contribution in [2.75, 3.05) is 26.2 Å². The Bertz CT molecular complexity index is 948. The number of hydrogen-bond acceptors (Lipinski definition) is 5. The smallest absolute Gasteiger partial charge is 0.421 e. The molecule has 33 heavy (non-hydrogen) atoms. The zero-order chi connectivity index (χ0) is 24.0. The fraction of sp³-hybridized carbons (Fsp3) is 0.708. The standard InChI is InChI=1S/C24H34F3N5O/c1-15-11-28-31(5)21(15)20-10-19(24(25,26)27)22(30-29-20)33-14-16-8-17-12-32(13-18(17)9-16)7-6-23(2,3)4/h10-11,16-18H,6-9,12-14H2,1-5H3/t17-,18-/m1/s1. The lowest BCUT2D eigenvalue weighted by molar-refractivity contribution is -0.139. The monoisotopic (exact) mass is 465 g/mol. The molecular formula is C24H34F3N5O. The molecule has 1 aliphatic heterocycles. The Morgan fingerprint density at radius 3 is 2.30 bits per heavy atom. The normalized spacial score (nSPS) is 22.2. The predicted octanol–water partition coefficient (Wildman–Crippen LogP) is 4.98. The number of hydrogen-bond donors (Lipinski definition) is 0. The molecule has 0 N–H and O–H groups in total. The molecule has 0 unspecified atom stereocenters. The third-order valence-corrected chi connectivity index (χ3v) is 6.99. The van der Waals surface area contributed by atoms with Crippen LogP contribution in [0.25, 0.3) is 11.4 Å². The molecule has 0 spiro atoms. The van der Waals surface area contributed by atoms with Crippen molar-refractivity contribution in [3.63, 3.8) is 0 Å². The fourth-order valence-corrected chi connectivity index (χ4v) is 5.25. The average Bonchev–Trinajstić information content (AvgIpc) is 3.36. The predicted molar refractivity (Wildman–Crippen MR) is 120 cm³/mol. The van der Waals surface area contributed by atoms with Gasteiger partial charge in [-0.2, -0.15) is 18.3 Å². The van der Waals surface area contributed by atoms with E-state index >= 15 is 0 Å². The molecule has 6 nitrogen and oxygen atoms in total.